The van der Waals surface area contributed by atoms with Crippen molar-refractivity contribution in [3.63, 3.8) is 0 Å². The van der Waals surface area contributed by atoms with Crippen molar-refractivity contribution < 1.29 is 4.79 Å². The molecular weight excluding hydrogens is 315 g/mol. The second kappa shape index (κ2) is 6.78. The average Bonchev–Trinajstić information content (AvgIpc) is 2.87. The molecule has 0 fully saturated rings. The predicted molar refractivity (Wildman–Crippen MR) is 80.9 cm³/mol. The zero-order valence-corrected chi connectivity index (χ0v) is 12.8. The molecule has 21 heavy (non-hydrogen) atoms. The summed E-state index contributed by atoms with van der Waals surface area (Å²) in [6.07, 6.45) is 1.27. The number of nitrogens with one attached hydrogen (secondary N) is 3. The third-order valence-electron chi connectivity index (χ3n) is 3.03. The number of carbonyl (C=O) groups is 1. The van der Waals surface area contributed by atoms with Gasteiger partial charge in [0, 0.05) is 16.1 Å². The number of nitrogens with zero attached hydrogens (tertiary/aromatic N) is 1. The monoisotopic (exact) mass is 328 g/mol. The maximum absolute atomic E-state index is 11.9. The zero-order chi connectivity index (χ0) is 15.4. The first-order valence-electron chi connectivity index (χ1n) is 6.39. The summed E-state index contributed by atoms with van der Waals surface area (Å²) in [7, 11) is 0. The number of amides is 1. The molecule has 0 aliphatic carbocycles. The van der Waals surface area contributed by atoms with Gasteiger partial charge >= 0.3 is 5.69 Å². The van der Waals surface area contributed by atoms with Crippen LogP contribution in [-0.4, -0.2) is 27.1 Å². The minimum Gasteiger partial charge on any atom is -0.346 e. The van der Waals surface area contributed by atoms with Crippen LogP contribution in [0.5, 0.6) is 0 Å². The van der Waals surface area contributed by atoms with E-state index in [1.807, 2.05) is 13.0 Å². The smallest absolute Gasteiger partial charge is 0.341 e. The van der Waals surface area contributed by atoms with Gasteiger partial charge in [0.05, 0.1) is 0 Å². The molecule has 0 aliphatic heterocycles. The number of carbonyl (C=O) groups excluding carboxylic acids is 1. The van der Waals surface area contributed by atoms with Crippen LogP contribution in [-0.2, 0) is 6.42 Å². The van der Waals surface area contributed by atoms with Gasteiger partial charge in [-0.2, -0.15) is 0 Å². The SMILES string of the molecule is CCC(Cc1ccc(Cl)cc1Cl)NC(=O)c1n[nH]c(=O)[nH]1. The molecule has 1 heterocycles. The number of aromatic nitrogens is 3. The van der Waals surface area contributed by atoms with Crippen molar-refractivity contribution in [2.24, 2.45) is 0 Å². The Morgan fingerprint density at radius 3 is 2.76 bits per heavy atom. The quantitative estimate of drug-likeness (QED) is 0.785. The molecule has 0 radical (unpaired) electrons. The van der Waals surface area contributed by atoms with Crippen molar-refractivity contribution in [1.82, 2.24) is 20.5 Å². The van der Waals surface area contributed by atoms with Crippen LogP contribution >= 0.6 is 23.2 Å². The van der Waals surface area contributed by atoms with E-state index in [4.69, 9.17) is 23.2 Å². The van der Waals surface area contributed by atoms with Crippen LogP contribution < -0.4 is 11.0 Å². The highest BCUT2D eigenvalue weighted by atomic mass is 35.5. The second-order valence-corrected chi connectivity index (χ2v) is 5.39. The number of aromatic amines is 2. The number of hydrogen-bond donors (Lipinski definition) is 3. The van der Waals surface area contributed by atoms with Gasteiger partial charge in [-0.1, -0.05) is 36.2 Å². The lowest BCUT2D eigenvalue weighted by Gasteiger charge is -2.17. The Bertz CT molecular complexity index is 695. The third kappa shape index (κ3) is 4.09. The van der Waals surface area contributed by atoms with Crippen molar-refractivity contribution in [3.05, 3.63) is 50.1 Å². The molecule has 1 aromatic heterocycles. The highest BCUT2D eigenvalue weighted by Gasteiger charge is 2.16. The number of rotatable bonds is 5. The fraction of sp³-hybridized carbons (Fsp3) is 0.308. The number of benzene rings is 1. The van der Waals surface area contributed by atoms with Gasteiger partial charge in [-0.25, -0.2) is 9.89 Å². The molecule has 0 saturated carbocycles. The van der Waals surface area contributed by atoms with Crippen LogP contribution in [0.25, 0.3) is 0 Å². The fourth-order valence-corrected chi connectivity index (χ4v) is 2.37. The number of H-pyrrole nitrogens is 2. The van der Waals surface area contributed by atoms with E-state index < -0.39 is 11.6 Å². The summed E-state index contributed by atoms with van der Waals surface area (Å²) >= 11 is 12.0. The van der Waals surface area contributed by atoms with Crippen molar-refractivity contribution in [1.29, 1.82) is 0 Å². The summed E-state index contributed by atoms with van der Waals surface area (Å²) in [6, 6.07) is 5.12. The molecule has 0 saturated heterocycles. The Balaban J connectivity index is 2.06. The minimum atomic E-state index is -0.519. The molecule has 2 rings (SSSR count). The van der Waals surface area contributed by atoms with Gasteiger partial charge in [-0.05, 0) is 30.5 Å². The van der Waals surface area contributed by atoms with Crippen LogP contribution in [0.4, 0.5) is 0 Å². The summed E-state index contributed by atoms with van der Waals surface area (Å²) in [4.78, 5) is 25.2. The van der Waals surface area contributed by atoms with Crippen molar-refractivity contribution in [2.45, 2.75) is 25.8 Å². The molecule has 1 amide bonds. The lowest BCUT2D eigenvalue weighted by molar-refractivity contribution is 0.0925. The van der Waals surface area contributed by atoms with Crippen molar-refractivity contribution in [2.75, 3.05) is 0 Å². The van der Waals surface area contributed by atoms with Gasteiger partial charge < -0.3 is 5.32 Å². The molecule has 0 bridgehead atoms. The van der Waals surface area contributed by atoms with Gasteiger partial charge in [0.15, 0.2) is 0 Å². The Hall–Kier alpha value is -1.79. The molecular formula is C13H14Cl2N4O2. The number of halogens is 2. The van der Waals surface area contributed by atoms with E-state index in [0.29, 0.717) is 22.9 Å². The van der Waals surface area contributed by atoms with E-state index in [1.54, 1.807) is 12.1 Å². The van der Waals surface area contributed by atoms with E-state index in [2.05, 4.69) is 20.5 Å². The van der Waals surface area contributed by atoms with Crippen LogP contribution in [0, 0.1) is 0 Å². The highest BCUT2D eigenvalue weighted by molar-refractivity contribution is 6.35. The lowest BCUT2D eigenvalue weighted by atomic mass is 10.0. The van der Waals surface area contributed by atoms with E-state index in [0.717, 1.165) is 5.56 Å². The van der Waals surface area contributed by atoms with Crippen molar-refractivity contribution >= 4 is 29.1 Å². The molecule has 1 unspecified atom stereocenters. The molecule has 0 spiro atoms. The Morgan fingerprint density at radius 2 is 2.19 bits per heavy atom. The zero-order valence-electron chi connectivity index (χ0n) is 11.2. The first kappa shape index (κ1) is 15.6. The van der Waals surface area contributed by atoms with Gasteiger partial charge in [0.2, 0.25) is 5.82 Å². The normalized spacial score (nSPS) is 12.1. The van der Waals surface area contributed by atoms with E-state index in [-0.39, 0.29) is 11.9 Å². The summed E-state index contributed by atoms with van der Waals surface area (Å²) in [5.41, 5.74) is 0.373. The van der Waals surface area contributed by atoms with Gasteiger partial charge in [-0.3, -0.25) is 9.78 Å². The molecule has 1 atom stereocenters. The maximum atomic E-state index is 11.9. The lowest BCUT2D eigenvalue weighted by Crippen LogP contribution is -2.36. The molecule has 0 aliphatic rings. The Kier molecular flexibility index (Phi) is 5.03. The topological polar surface area (TPSA) is 90.6 Å². The fourth-order valence-electron chi connectivity index (χ4n) is 1.88. The highest BCUT2D eigenvalue weighted by Crippen LogP contribution is 2.22. The van der Waals surface area contributed by atoms with E-state index in [1.165, 1.54) is 0 Å². The standard InChI is InChI=1S/C13H14Cl2N4O2/c1-2-9(5-7-3-4-8(14)6-10(7)15)16-12(20)11-17-13(21)19-18-11/h3-4,6,9H,2,5H2,1H3,(H,16,20)(H2,17,18,19,21). The van der Waals surface area contributed by atoms with Crippen molar-refractivity contribution in [3.8, 4) is 0 Å². The Labute approximate surface area is 130 Å². The van der Waals surface area contributed by atoms with Gasteiger partial charge in [0.1, 0.15) is 0 Å². The van der Waals surface area contributed by atoms with E-state index >= 15 is 0 Å². The second-order valence-electron chi connectivity index (χ2n) is 4.54. The summed E-state index contributed by atoms with van der Waals surface area (Å²) < 4.78 is 0. The minimum absolute atomic E-state index is 0.0411. The van der Waals surface area contributed by atoms with Gasteiger partial charge in [-0.15, -0.1) is 5.10 Å². The molecule has 3 N–H and O–H groups in total. The van der Waals surface area contributed by atoms with Crippen LogP contribution in [0.15, 0.2) is 23.0 Å². The van der Waals surface area contributed by atoms with Crippen LogP contribution in [0.3, 0.4) is 0 Å². The average molecular weight is 329 g/mol. The number of hydrogen-bond acceptors (Lipinski definition) is 3. The third-order valence-corrected chi connectivity index (χ3v) is 3.61. The molecule has 6 nitrogen and oxygen atoms in total. The van der Waals surface area contributed by atoms with Crippen LogP contribution in [0.2, 0.25) is 10.0 Å². The molecule has 112 valence electrons. The van der Waals surface area contributed by atoms with E-state index in [9.17, 15) is 9.59 Å². The largest absolute Gasteiger partial charge is 0.346 e. The predicted octanol–water partition coefficient (Wildman–Crippen LogP) is 2.16. The van der Waals surface area contributed by atoms with Gasteiger partial charge in [0.25, 0.3) is 5.91 Å². The van der Waals surface area contributed by atoms with Crippen LogP contribution in [0.1, 0.15) is 29.5 Å². The molecule has 1 aromatic carbocycles. The summed E-state index contributed by atoms with van der Waals surface area (Å²) in [5.74, 6) is -0.481. The maximum Gasteiger partial charge on any atom is 0.341 e. The molecule has 2 aromatic rings. The molecule has 8 heteroatoms. The Morgan fingerprint density at radius 1 is 1.43 bits per heavy atom. The first-order valence-corrected chi connectivity index (χ1v) is 7.14. The first-order chi connectivity index (χ1) is 9.99. The summed E-state index contributed by atoms with van der Waals surface area (Å²) in [5, 5.41) is 9.67. The summed E-state index contributed by atoms with van der Waals surface area (Å²) in [6.45, 7) is 1.95.